The van der Waals surface area contributed by atoms with Crippen molar-refractivity contribution in [2.75, 3.05) is 11.9 Å². The maximum atomic E-state index is 13.1. The van der Waals surface area contributed by atoms with Crippen molar-refractivity contribution < 1.29 is 9.18 Å². The Hall–Kier alpha value is -2.89. The number of hydrogen-bond donors (Lipinski definition) is 2. The van der Waals surface area contributed by atoms with Gasteiger partial charge in [-0.2, -0.15) is 0 Å². The van der Waals surface area contributed by atoms with Crippen LogP contribution < -0.4 is 10.6 Å². The van der Waals surface area contributed by atoms with Crippen molar-refractivity contribution in [3.63, 3.8) is 0 Å². The van der Waals surface area contributed by atoms with Gasteiger partial charge in [0.1, 0.15) is 11.5 Å². The second kappa shape index (κ2) is 7.79. The number of aryl methyl sites for hydroxylation is 1. The quantitative estimate of drug-likeness (QED) is 0.714. The first kappa shape index (κ1) is 17.0. The Morgan fingerprint density at radius 3 is 2.96 bits per heavy atom. The molecule has 2 amide bonds. The Labute approximate surface area is 145 Å². The highest BCUT2D eigenvalue weighted by Gasteiger charge is 2.09. The fraction of sp³-hybridized carbons (Fsp3) is 0.263. The molecule has 6 heteroatoms. The van der Waals surface area contributed by atoms with Crippen LogP contribution in [0.5, 0.6) is 0 Å². The number of aromatic nitrogens is 2. The number of fused-ring (bicyclic) bond motifs is 1. The highest BCUT2D eigenvalue weighted by atomic mass is 19.1. The fourth-order valence-electron chi connectivity index (χ4n) is 2.86. The SMILES string of the molecule is CCCn1cc(CCNC(=O)Nc2cccc(F)c2)c2cccnc21. The smallest absolute Gasteiger partial charge is 0.319 e. The summed E-state index contributed by atoms with van der Waals surface area (Å²) in [7, 11) is 0. The Kier molecular flexibility index (Phi) is 5.28. The molecule has 5 nitrogen and oxygen atoms in total. The van der Waals surface area contributed by atoms with Crippen LogP contribution in [0.2, 0.25) is 0 Å². The van der Waals surface area contributed by atoms with Gasteiger partial charge in [0.2, 0.25) is 0 Å². The minimum Gasteiger partial charge on any atom is -0.338 e. The van der Waals surface area contributed by atoms with E-state index in [9.17, 15) is 9.18 Å². The molecule has 25 heavy (non-hydrogen) atoms. The Balaban J connectivity index is 1.60. The highest BCUT2D eigenvalue weighted by molar-refractivity contribution is 5.89. The van der Waals surface area contributed by atoms with Gasteiger partial charge in [-0.15, -0.1) is 0 Å². The lowest BCUT2D eigenvalue weighted by molar-refractivity contribution is 0.252. The first-order valence-corrected chi connectivity index (χ1v) is 8.40. The number of carbonyl (C=O) groups excluding carboxylic acids is 1. The van der Waals surface area contributed by atoms with E-state index in [1.165, 1.54) is 12.1 Å². The molecular formula is C19H21FN4O. The van der Waals surface area contributed by atoms with Gasteiger partial charge in [0.05, 0.1) is 0 Å². The van der Waals surface area contributed by atoms with E-state index in [2.05, 4.69) is 39.4 Å². The fourth-order valence-corrected chi connectivity index (χ4v) is 2.86. The number of benzene rings is 1. The van der Waals surface area contributed by atoms with Crippen LogP contribution in [-0.4, -0.2) is 22.1 Å². The van der Waals surface area contributed by atoms with Gasteiger partial charge in [0.15, 0.2) is 0 Å². The van der Waals surface area contributed by atoms with Crippen molar-refractivity contribution in [1.82, 2.24) is 14.9 Å². The Bertz CT molecular complexity index is 875. The van der Waals surface area contributed by atoms with E-state index in [0.29, 0.717) is 18.7 Å². The molecule has 130 valence electrons. The number of hydrogen-bond acceptors (Lipinski definition) is 2. The lowest BCUT2D eigenvalue weighted by atomic mass is 10.1. The number of nitrogens with one attached hydrogen (secondary N) is 2. The van der Waals surface area contributed by atoms with Gasteiger partial charge in [0.25, 0.3) is 0 Å². The number of nitrogens with zero attached hydrogens (tertiary/aromatic N) is 2. The largest absolute Gasteiger partial charge is 0.338 e. The predicted octanol–water partition coefficient (Wildman–Crippen LogP) is 3.95. The van der Waals surface area contributed by atoms with Gasteiger partial charge in [-0.05, 0) is 48.7 Å². The summed E-state index contributed by atoms with van der Waals surface area (Å²) >= 11 is 0. The van der Waals surface area contributed by atoms with Crippen molar-refractivity contribution in [3.8, 4) is 0 Å². The first-order chi connectivity index (χ1) is 12.2. The third-order valence-electron chi connectivity index (χ3n) is 3.94. The number of carbonyl (C=O) groups is 1. The molecule has 2 heterocycles. The average Bonchev–Trinajstić information content (AvgIpc) is 2.94. The van der Waals surface area contributed by atoms with Crippen molar-refractivity contribution >= 4 is 22.8 Å². The van der Waals surface area contributed by atoms with Crippen molar-refractivity contribution in [2.24, 2.45) is 0 Å². The van der Waals surface area contributed by atoms with Crippen LogP contribution in [0.4, 0.5) is 14.9 Å². The lowest BCUT2D eigenvalue weighted by Crippen LogP contribution is -2.30. The molecule has 3 aromatic rings. The standard InChI is InChI=1S/C19H21FN4O/c1-2-11-24-13-14(17-7-4-9-21-18(17)24)8-10-22-19(25)23-16-6-3-5-15(20)12-16/h3-7,9,12-13H,2,8,10-11H2,1H3,(H2,22,23,25). The molecule has 0 aliphatic carbocycles. The molecule has 1 aromatic carbocycles. The first-order valence-electron chi connectivity index (χ1n) is 8.40. The van der Waals surface area contributed by atoms with Crippen molar-refractivity contribution in [1.29, 1.82) is 0 Å². The third-order valence-corrected chi connectivity index (χ3v) is 3.94. The summed E-state index contributed by atoms with van der Waals surface area (Å²) in [5.41, 5.74) is 2.56. The molecule has 0 fully saturated rings. The van der Waals surface area contributed by atoms with Gasteiger partial charge in [-0.25, -0.2) is 14.2 Å². The summed E-state index contributed by atoms with van der Waals surface area (Å²) in [4.78, 5) is 16.4. The Morgan fingerprint density at radius 2 is 2.16 bits per heavy atom. The number of anilines is 1. The normalized spacial score (nSPS) is 10.8. The molecule has 0 saturated heterocycles. The predicted molar refractivity (Wildman–Crippen MR) is 97.1 cm³/mol. The molecule has 3 rings (SSSR count). The second-order valence-electron chi connectivity index (χ2n) is 5.86. The molecule has 0 atom stereocenters. The zero-order valence-corrected chi connectivity index (χ0v) is 14.1. The van der Waals surface area contributed by atoms with Gasteiger partial charge < -0.3 is 15.2 Å². The van der Waals surface area contributed by atoms with Crippen LogP contribution in [0.3, 0.4) is 0 Å². The topological polar surface area (TPSA) is 59.0 Å². The summed E-state index contributed by atoms with van der Waals surface area (Å²) in [5, 5.41) is 6.54. The molecule has 2 N–H and O–H groups in total. The molecule has 0 aliphatic heterocycles. The zero-order valence-electron chi connectivity index (χ0n) is 14.1. The van der Waals surface area contributed by atoms with Crippen LogP contribution >= 0.6 is 0 Å². The maximum absolute atomic E-state index is 13.1. The summed E-state index contributed by atoms with van der Waals surface area (Å²) in [6, 6.07) is 9.45. The third kappa shape index (κ3) is 4.15. The van der Waals surface area contributed by atoms with E-state index in [1.807, 2.05) is 6.07 Å². The number of amides is 2. The van der Waals surface area contributed by atoms with E-state index in [1.54, 1.807) is 18.3 Å². The molecule has 0 bridgehead atoms. The molecule has 0 unspecified atom stereocenters. The molecule has 2 aromatic heterocycles. The van der Waals surface area contributed by atoms with E-state index >= 15 is 0 Å². The monoisotopic (exact) mass is 340 g/mol. The van der Waals surface area contributed by atoms with E-state index in [0.717, 1.165) is 29.6 Å². The number of rotatable bonds is 6. The summed E-state index contributed by atoms with van der Waals surface area (Å²) < 4.78 is 15.3. The van der Waals surface area contributed by atoms with Crippen LogP contribution in [0, 0.1) is 5.82 Å². The maximum Gasteiger partial charge on any atom is 0.319 e. The number of urea groups is 1. The van der Waals surface area contributed by atoms with Crippen LogP contribution in [0.15, 0.2) is 48.8 Å². The highest BCUT2D eigenvalue weighted by Crippen LogP contribution is 2.20. The summed E-state index contributed by atoms with van der Waals surface area (Å²) in [6.45, 7) is 3.54. The molecule has 0 spiro atoms. The lowest BCUT2D eigenvalue weighted by Gasteiger charge is -2.07. The van der Waals surface area contributed by atoms with Crippen LogP contribution in [0.1, 0.15) is 18.9 Å². The van der Waals surface area contributed by atoms with E-state index in [4.69, 9.17) is 0 Å². The minimum absolute atomic E-state index is 0.346. The molecule has 0 aliphatic rings. The van der Waals surface area contributed by atoms with Crippen molar-refractivity contribution in [2.45, 2.75) is 26.3 Å². The average molecular weight is 340 g/mol. The molecule has 0 saturated carbocycles. The van der Waals surface area contributed by atoms with E-state index in [-0.39, 0.29) is 11.8 Å². The number of halogens is 1. The van der Waals surface area contributed by atoms with Gasteiger partial charge in [-0.3, -0.25) is 0 Å². The molecular weight excluding hydrogens is 319 g/mol. The van der Waals surface area contributed by atoms with Crippen LogP contribution in [0.25, 0.3) is 11.0 Å². The Morgan fingerprint density at radius 1 is 1.28 bits per heavy atom. The number of pyridine rings is 1. The van der Waals surface area contributed by atoms with Gasteiger partial charge >= 0.3 is 6.03 Å². The van der Waals surface area contributed by atoms with E-state index < -0.39 is 0 Å². The van der Waals surface area contributed by atoms with Gasteiger partial charge in [-0.1, -0.05) is 13.0 Å². The second-order valence-corrected chi connectivity index (χ2v) is 5.86. The zero-order chi connectivity index (χ0) is 17.6. The molecule has 0 radical (unpaired) electrons. The minimum atomic E-state index is -0.381. The summed E-state index contributed by atoms with van der Waals surface area (Å²) in [5.74, 6) is -0.381. The van der Waals surface area contributed by atoms with Crippen molar-refractivity contribution in [3.05, 3.63) is 60.2 Å². The summed E-state index contributed by atoms with van der Waals surface area (Å²) in [6.07, 6.45) is 5.64. The van der Waals surface area contributed by atoms with Gasteiger partial charge in [0, 0.05) is 36.6 Å². The van der Waals surface area contributed by atoms with Crippen LogP contribution in [-0.2, 0) is 13.0 Å².